The van der Waals surface area contributed by atoms with Gasteiger partial charge in [0.05, 0.1) is 18.1 Å². The molecule has 2 atom stereocenters. The Kier molecular flexibility index (Phi) is 3.73. The standard InChI is InChI=1S/C11H22N2O2/c1-8-5-12-6-9(8)10(15)13(4)11(2,3)7-14/h8-9,12,14H,5-7H2,1-4H3/t8-,9-/m1/s1. The highest BCUT2D eigenvalue weighted by Gasteiger charge is 2.36. The van der Waals surface area contributed by atoms with Crippen molar-refractivity contribution in [3.05, 3.63) is 0 Å². The third kappa shape index (κ3) is 2.49. The van der Waals surface area contributed by atoms with Crippen molar-refractivity contribution < 1.29 is 9.90 Å². The Balaban J connectivity index is 2.67. The molecule has 4 nitrogen and oxygen atoms in total. The Morgan fingerprint density at radius 2 is 2.13 bits per heavy atom. The Hall–Kier alpha value is -0.610. The van der Waals surface area contributed by atoms with Gasteiger partial charge in [0.1, 0.15) is 0 Å². The van der Waals surface area contributed by atoms with Gasteiger partial charge in [0.2, 0.25) is 5.91 Å². The summed E-state index contributed by atoms with van der Waals surface area (Å²) in [7, 11) is 1.77. The maximum Gasteiger partial charge on any atom is 0.227 e. The van der Waals surface area contributed by atoms with E-state index in [9.17, 15) is 9.90 Å². The van der Waals surface area contributed by atoms with Gasteiger partial charge >= 0.3 is 0 Å². The minimum atomic E-state index is -0.473. The minimum absolute atomic E-state index is 0.0101. The lowest BCUT2D eigenvalue weighted by Gasteiger charge is -2.36. The maximum absolute atomic E-state index is 12.1. The first-order valence-electron chi connectivity index (χ1n) is 5.49. The molecular weight excluding hydrogens is 192 g/mol. The third-order valence-corrected chi connectivity index (χ3v) is 3.46. The summed E-state index contributed by atoms with van der Waals surface area (Å²) in [6.07, 6.45) is 0. The van der Waals surface area contributed by atoms with Crippen LogP contribution in [0.3, 0.4) is 0 Å². The number of aliphatic hydroxyl groups is 1. The summed E-state index contributed by atoms with van der Waals surface area (Å²) >= 11 is 0. The molecule has 1 aliphatic rings. The third-order valence-electron chi connectivity index (χ3n) is 3.46. The van der Waals surface area contributed by atoms with Crippen LogP contribution in [0.25, 0.3) is 0 Å². The molecule has 1 saturated heterocycles. The van der Waals surface area contributed by atoms with Gasteiger partial charge in [-0.05, 0) is 26.3 Å². The average Bonchev–Trinajstić information content (AvgIpc) is 2.62. The van der Waals surface area contributed by atoms with Gasteiger partial charge in [0.25, 0.3) is 0 Å². The molecule has 1 fully saturated rings. The monoisotopic (exact) mass is 214 g/mol. The van der Waals surface area contributed by atoms with Gasteiger partial charge in [-0.2, -0.15) is 0 Å². The van der Waals surface area contributed by atoms with Gasteiger partial charge in [-0.1, -0.05) is 6.92 Å². The fourth-order valence-electron chi connectivity index (χ4n) is 1.79. The number of nitrogens with one attached hydrogen (secondary N) is 1. The van der Waals surface area contributed by atoms with Gasteiger partial charge in [-0.15, -0.1) is 0 Å². The van der Waals surface area contributed by atoms with Crippen molar-refractivity contribution in [3.63, 3.8) is 0 Å². The summed E-state index contributed by atoms with van der Waals surface area (Å²) in [5.41, 5.74) is -0.473. The second-order valence-electron chi connectivity index (χ2n) is 5.11. The fraction of sp³-hybridized carbons (Fsp3) is 0.909. The molecule has 1 rings (SSSR count). The number of nitrogens with zero attached hydrogens (tertiary/aromatic N) is 1. The van der Waals surface area contributed by atoms with E-state index in [1.165, 1.54) is 0 Å². The normalized spacial score (nSPS) is 26.7. The van der Waals surface area contributed by atoms with Crippen molar-refractivity contribution in [2.24, 2.45) is 11.8 Å². The van der Waals surface area contributed by atoms with E-state index in [0.29, 0.717) is 5.92 Å². The summed E-state index contributed by atoms with van der Waals surface area (Å²) < 4.78 is 0. The summed E-state index contributed by atoms with van der Waals surface area (Å²) in [5, 5.41) is 12.4. The van der Waals surface area contributed by atoms with E-state index >= 15 is 0 Å². The number of hydrogen-bond donors (Lipinski definition) is 2. The number of likely N-dealkylation sites (N-methyl/N-ethyl adjacent to an activating group) is 1. The molecule has 0 aromatic rings. The molecule has 4 heteroatoms. The fourth-order valence-corrected chi connectivity index (χ4v) is 1.79. The van der Waals surface area contributed by atoms with Crippen LogP contribution >= 0.6 is 0 Å². The summed E-state index contributed by atoms with van der Waals surface area (Å²) in [4.78, 5) is 13.8. The van der Waals surface area contributed by atoms with Crippen molar-refractivity contribution in [2.45, 2.75) is 26.3 Å². The van der Waals surface area contributed by atoms with Gasteiger partial charge in [0, 0.05) is 13.6 Å². The van der Waals surface area contributed by atoms with E-state index in [1.807, 2.05) is 13.8 Å². The molecule has 0 bridgehead atoms. The van der Waals surface area contributed by atoms with E-state index in [2.05, 4.69) is 12.2 Å². The molecule has 88 valence electrons. The predicted octanol–water partition coefficient (Wildman–Crippen LogP) is 0.0712. The van der Waals surface area contributed by atoms with Crippen LogP contribution in [0.15, 0.2) is 0 Å². The zero-order chi connectivity index (χ0) is 11.6. The number of aliphatic hydroxyl groups excluding tert-OH is 1. The van der Waals surface area contributed by atoms with Crippen LogP contribution in [0.5, 0.6) is 0 Å². The van der Waals surface area contributed by atoms with E-state index in [-0.39, 0.29) is 18.4 Å². The van der Waals surface area contributed by atoms with Gasteiger partial charge in [-0.3, -0.25) is 4.79 Å². The van der Waals surface area contributed by atoms with E-state index in [0.717, 1.165) is 13.1 Å². The predicted molar refractivity (Wildman–Crippen MR) is 59.5 cm³/mol. The molecule has 0 unspecified atom stereocenters. The molecule has 0 saturated carbocycles. The van der Waals surface area contributed by atoms with Crippen LogP contribution in [0.1, 0.15) is 20.8 Å². The highest BCUT2D eigenvalue weighted by molar-refractivity contribution is 5.80. The van der Waals surface area contributed by atoms with Crippen LogP contribution in [-0.2, 0) is 4.79 Å². The van der Waals surface area contributed by atoms with Crippen molar-refractivity contribution in [3.8, 4) is 0 Å². The molecule has 2 N–H and O–H groups in total. The van der Waals surface area contributed by atoms with Crippen LogP contribution in [0, 0.1) is 11.8 Å². The first kappa shape index (κ1) is 12.5. The molecule has 0 aliphatic carbocycles. The summed E-state index contributed by atoms with van der Waals surface area (Å²) in [6, 6.07) is 0. The second kappa shape index (κ2) is 4.49. The average molecular weight is 214 g/mol. The van der Waals surface area contributed by atoms with Gasteiger partial charge in [-0.25, -0.2) is 0 Å². The van der Waals surface area contributed by atoms with E-state index < -0.39 is 5.54 Å². The van der Waals surface area contributed by atoms with Crippen LogP contribution in [0.2, 0.25) is 0 Å². The Labute approximate surface area is 91.6 Å². The lowest BCUT2D eigenvalue weighted by molar-refractivity contribution is -0.140. The van der Waals surface area contributed by atoms with Crippen molar-refractivity contribution in [2.75, 3.05) is 26.7 Å². The first-order valence-corrected chi connectivity index (χ1v) is 5.49. The van der Waals surface area contributed by atoms with E-state index in [1.54, 1.807) is 11.9 Å². The summed E-state index contributed by atoms with van der Waals surface area (Å²) in [5.74, 6) is 0.571. The molecule has 1 heterocycles. The zero-order valence-electron chi connectivity index (χ0n) is 10.1. The van der Waals surface area contributed by atoms with E-state index in [4.69, 9.17) is 0 Å². The molecular formula is C11H22N2O2. The number of carbonyl (C=O) groups excluding carboxylic acids is 1. The number of rotatable bonds is 3. The van der Waals surface area contributed by atoms with Crippen molar-refractivity contribution in [1.29, 1.82) is 0 Å². The minimum Gasteiger partial charge on any atom is -0.394 e. The molecule has 1 amide bonds. The van der Waals surface area contributed by atoms with Crippen LogP contribution in [0.4, 0.5) is 0 Å². The number of carbonyl (C=O) groups is 1. The van der Waals surface area contributed by atoms with Crippen molar-refractivity contribution >= 4 is 5.91 Å². The van der Waals surface area contributed by atoms with Gasteiger partial charge < -0.3 is 15.3 Å². The number of hydrogen-bond acceptors (Lipinski definition) is 3. The molecule has 0 aromatic carbocycles. The quantitative estimate of drug-likeness (QED) is 0.699. The molecule has 0 aromatic heterocycles. The van der Waals surface area contributed by atoms with Crippen LogP contribution in [-0.4, -0.2) is 48.2 Å². The molecule has 0 radical (unpaired) electrons. The smallest absolute Gasteiger partial charge is 0.227 e. The van der Waals surface area contributed by atoms with Gasteiger partial charge in [0.15, 0.2) is 0 Å². The van der Waals surface area contributed by atoms with Crippen LogP contribution < -0.4 is 5.32 Å². The molecule has 1 aliphatic heterocycles. The second-order valence-corrected chi connectivity index (χ2v) is 5.11. The Morgan fingerprint density at radius 1 is 1.53 bits per heavy atom. The maximum atomic E-state index is 12.1. The lowest BCUT2D eigenvalue weighted by Crippen LogP contribution is -2.50. The Morgan fingerprint density at radius 3 is 2.53 bits per heavy atom. The van der Waals surface area contributed by atoms with Crippen molar-refractivity contribution in [1.82, 2.24) is 10.2 Å². The topological polar surface area (TPSA) is 52.6 Å². The number of amides is 1. The SMILES string of the molecule is C[C@@H]1CNC[C@H]1C(=O)N(C)C(C)(C)CO. The molecule has 0 spiro atoms. The highest BCUT2D eigenvalue weighted by Crippen LogP contribution is 2.22. The highest BCUT2D eigenvalue weighted by atomic mass is 16.3. The Bertz CT molecular complexity index is 241. The zero-order valence-corrected chi connectivity index (χ0v) is 10.1. The largest absolute Gasteiger partial charge is 0.394 e. The first-order chi connectivity index (χ1) is 6.90. The molecule has 15 heavy (non-hydrogen) atoms. The lowest BCUT2D eigenvalue weighted by atomic mass is 9.94. The summed E-state index contributed by atoms with van der Waals surface area (Å²) in [6.45, 7) is 7.48.